The highest BCUT2D eigenvalue weighted by atomic mass is 35.5. The first kappa shape index (κ1) is 11.3. The molecule has 2 nitrogen and oxygen atoms in total. The van der Waals surface area contributed by atoms with Gasteiger partial charge in [-0.3, -0.25) is 0 Å². The second-order valence-corrected chi connectivity index (χ2v) is 3.41. The van der Waals surface area contributed by atoms with Gasteiger partial charge in [-0.25, -0.2) is 4.39 Å². The highest BCUT2D eigenvalue weighted by Gasteiger charge is 2.54. The monoisotopic (exact) mass is 217 g/mol. The molecule has 0 aliphatic heterocycles. The number of rotatable bonds is 2. The normalized spacial score (nSPS) is 29.2. The van der Waals surface area contributed by atoms with Gasteiger partial charge in [0.1, 0.15) is 5.75 Å². The summed E-state index contributed by atoms with van der Waals surface area (Å²) in [6.07, 6.45) is 0.417. The molecule has 1 aromatic carbocycles. The van der Waals surface area contributed by atoms with Crippen LogP contribution in [0.4, 0.5) is 4.39 Å². The van der Waals surface area contributed by atoms with E-state index in [0.717, 1.165) is 0 Å². The molecule has 0 spiro atoms. The fourth-order valence-corrected chi connectivity index (χ4v) is 1.47. The lowest BCUT2D eigenvalue weighted by Gasteiger charge is -2.07. The summed E-state index contributed by atoms with van der Waals surface area (Å²) in [4.78, 5) is 0. The number of nitrogens with two attached hydrogens (primary N) is 1. The lowest BCUT2D eigenvalue weighted by Crippen LogP contribution is -2.13. The summed E-state index contributed by atoms with van der Waals surface area (Å²) in [6, 6.07) is 6.67. The van der Waals surface area contributed by atoms with Crippen molar-refractivity contribution in [2.75, 3.05) is 7.11 Å². The Morgan fingerprint density at radius 2 is 2.21 bits per heavy atom. The molecule has 1 aliphatic rings. The van der Waals surface area contributed by atoms with E-state index in [4.69, 9.17) is 10.5 Å². The quantitative estimate of drug-likeness (QED) is 0.823. The number of benzene rings is 1. The van der Waals surface area contributed by atoms with E-state index in [9.17, 15) is 4.39 Å². The molecule has 4 heteroatoms. The average Bonchev–Trinajstić information content (AvgIpc) is 2.77. The zero-order valence-corrected chi connectivity index (χ0v) is 8.68. The Hall–Kier alpha value is -0.800. The molecule has 0 bridgehead atoms. The van der Waals surface area contributed by atoms with Crippen molar-refractivity contribution < 1.29 is 9.13 Å². The molecule has 0 aromatic heterocycles. The van der Waals surface area contributed by atoms with Crippen LogP contribution < -0.4 is 10.5 Å². The largest absolute Gasteiger partial charge is 0.497 e. The van der Waals surface area contributed by atoms with Crippen molar-refractivity contribution in [2.45, 2.75) is 18.1 Å². The second kappa shape index (κ2) is 3.75. The molecule has 0 amide bonds. The van der Waals surface area contributed by atoms with Crippen molar-refractivity contribution in [3.05, 3.63) is 29.8 Å². The number of hydrogen-bond donors (Lipinski definition) is 1. The average molecular weight is 218 g/mol. The molecular weight excluding hydrogens is 205 g/mol. The maximum Gasteiger partial charge on any atom is 0.152 e. The Bertz CT molecular complexity index is 334. The fraction of sp³-hybridized carbons (Fsp3) is 0.400. The minimum absolute atomic E-state index is 0. The number of methoxy groups -OCH3 is 1. The van der Waals surface area contributed by atoms with Crippen LogP contribution in [0.1, 0.15) is 12.0 Å². The molecule has 0 heterocycles. The van der Waals surface area contributed by atoms with Crippen LogP contribution in [0, 0.1) is 0 Å². The molecule has 14 heavy (non-hydrogen) atoms. The molecule has 2 rings (SSSR count). The van der Waals surface area contributed by atoms with Gasteiger partial charge in [-0.1, -0.05) is 12.1 Å². The van der Waals surface area contributed by atoms with E-state index in [-0.39, 0.29) is 18.4 Å². The maximum atomic E-state index is 13.8. The van der Waals surface area contributed by atoms with Crippen LogP contribution >= 0.6 is 12.4 Å². The van der Waals surface area contributed by atoms with Crippen molar-refractivity contribution in [2.24, 2.45) is 5.73 Å². The fourth-order valence-electron chi connectivity index (χ4n) is 1.47. The van der Waals surface area contributed by atoms with Gasteiger partial charge in [0.15, 0.2) is 5.67 Å². The standard InChI is InChI=1S/C10H12FNO.ClH/c1-13-8-4-2-3-7(5-8)10(11)6-9(10)12;/h2-5,9H,6,12H2,1H3;1H. The summed E-state index contributed by atoms with van der Waals surface area (Å²) < 4.78 is 18.8. The molecule has 2 unspecified atom stereocenters. The van der Waals surface area contributed by atoms with Gasteiger partial charge in [0.2, 0.25) is 0 Å². The lowest BCUT2D eigenvalue weighted by molar-refractivity contribution is 0.304. The van der Waals surface area contributed by atoms with Gasteiger partial charge in [-0.05, 0) is 17.7 Å². The Balaban J connectivity index is 0.000000980. The maximum absolute atomic E-state index is 13.8. The predicted octanol–water partition coefficient (Wildman–Crippen LogP) is 2.01. The first-order valence-electron chi connectivity index (χ1n) is 4.26. The minimum atomic E-state index is -1.31. The summed E-state index contributed by atoms with van der Waals surface area (Å²) in [7, 11) is 1.57. The summed E-state index contributed by atoms with van der Waals surface area (Å²) in [5.41, 5.74) is 4.82. The topological polar surface area (TPSA) is 35.2 Å². The van der Waals surface area contributed by atoms with Gasteiger partial charge in [-0.2, -0.15) is 0 Å². The van der Waals surface area contributed by atoms with E-state index in [0.29, 0.717) is 17.7 Å². The van der Waals surface area contributed by atoms with E-state index in [1.807, 2.05) is 0 Å². The highest BCUT2D eigenvalue weighted by Crippen LogP contribution is 2.48. The van der Waals surface area contributed by atoms with E-state index in [1.54, 1.807) is 31.4 Å². The third kappa shape index (κ3) is 1.70. The van der Waals surface area contributed by atoms with E-state index in [2.05, 4.69) is 0 Å². The van der Waals surface area contributed by atoms with Crippen molar-refractivity contribution in [3.63, 3.8) is 0 Å². The molecule has 1 saturated carbocycles. The van der Waals surface area contributed by atoms with E-state index < -0.39 is 5.67 Å². The molecule has 1 aliphatic carbocycles. The van der Waals surface area contributed by atoms with Crippen molar-refractivity contribution in [1.29, 1.82) is 0 Å². The van der Waals surface area contributed by atoms with Crippen LogP contribution in [-0.2, 0) is 5.67 Å². The van der Waals surface area contributed by atoms with Crippen LogP contribution in [0.3, 0.4) is 0 Å². The molecule has 2 atom stereocenters. The molecule has 1 fully saturated rings. The first-order chi connectivity index (χ1) is 6.16. The van der Waals surface area contributed by atoms with Crippen LogP contribution in [-0.4, -0.2) is 13.2 Å². The second-order valence-electron chi connectivity index (χ2n) is 3.41. The Labute approximate surface area is 88.7 Å². The molecule has 2 N–H and O–H groups in total. The van der Waals surface area contributed by atoms with Crippen molar-refractivity contribution >= 4 is 12.4 Å². The van der Waals surface area contributed by atoms with Gasteiger partial charge < -0.3 is 10.5 Å². The first-order valence-corrected chi connectivity index (χ1v) is 4.26. The van der Waals surface area contributed by atoms with Crippen LogP contribution in [0.15, 0.2) is 24.3 Å². The van der Waals surface area contributed by atoms with Gasteiger partial charge in [0.25, 0.3) is 0 Å². The lowest BCUT2D eigenvalue weighted by atomic mass is 10.1. The third-order valence-electron chi connectivity index (χ3n) is 2.49. The van der Waals surface area contributed by atoms with Crippen LogP contribution in [0.5, 0.6) is 5.75 Å². The van der Waals surface area contributed by atoms with E-state index >= 15 is 0 Å². The summed E-state index contributed by atoms with van der Waals surface area (Å²) >= 11 is 0. The Kier molecular flexibility index (Phi) is 3.02. The minimum Gasteiger partial charge on any atom is -0.497 e. The molecular formula is C10H13ClFNO. The number of halogens is 2. The zero-order valence-electron chi connectivity index (χ0n) is 7.87. The zero-order chi connectivity index (χ0) is 9.47. The van der Waals surface area contributed by atoms with Crippen molar-refractivity contribution in [1.82, 2.24) is 0 Å². The molecule has 1 aromatic rings. The summed E-state index contributed by atoms with van der Waals surface area (Å²) in [5, 5.41) is 0. The SMILES string of the molecule is COc1cccc(C2(F)CC2N)c1.Cl. The third-order valence-corrected chi connectivity index (χ3v) is 2.49. The van der Waals surface area contributed by atoms with Gasteiger partial charge in [-0.15, -0.1) is 12.4 Å². The molecule has 78 valence electrons. The number of alkyl halides is 1. The molecule has 0 saturated heterocycles. The van der Waals surface area contributed by atoms with Gasteiger partial charge in [0.05, 0.1) is 7.11 Å². The smallest absolute Gasteiger partial charge is 0.152 e. The van der Waals surface area contributed by atoms with Crippen LogP contribution in [0.2, 0.25) is 0 Å². The van der Waals surface area contributed by atoms with Gasteiger partial charge in [0, 0.05) is 12.5 Å². The Morgan fingerprint density at radius 3 is 2.71 bits per heavy atom. The summed E-state index contributed by atoms with van der Waals surface area (Å²) in [5.74, 6) is 0.675. The number of hydrogen-bond acceptors (Lipinski definition) is 2. The molecule has 0 radical (unpaired) electrons. The van der Waals surface area contributed by atoms with Crippen molar-refractivity contribution in [3.8, 4) is 5.75 Å². The van der Waals surface area contributed by atoms with Crippen LogP contribution in [0.25, 0.3) is 0 Å². The summed E-state index contributed by atoms with van der Waals surface area (Å²) in [6.45, 7) is 0. The van der Waals surface area contributed by atoms with E-state index in [1.165, 1.54) is 0 Å². The predicted molar refractivity (Wildman–Crippen MR) is 55.6 cm³/mol. The Morgan fingerprint density at radius 1 is 1.57 bits per heavy atom. The number of ether oxygens (including phenoxy) is 1. The highest BCUT2D eigenvalue weighted by molar-refractivity contribution is 5.85. The van der Waals surface area contributed by atoms with Gasteiger partial charge >= 0.3 is 0 Å².